The fourth-order valence-electron chi connectivity index (χ4n) is 1.15. The first-order valence-corrected chi connectivity index (χ1v) is 4.36. The normalized spacial score (nSPS) is 13.1. The lowest BCUT2D eigenvalue weighted by atomic mass is 10.0. The molecule has 1 nitrogen and oxygen atoms in total. The van der Waals surface area contributed by atoms with Crippen LogP contribution in [0.25, 0.3) is 0 Å². The molecule has 1 rings (SSSR count). The molecule has 0 amide bonds. The molecular weight excluding hydrogens is 227 g/mol. The molecule has 0 aliphatic carbocycles. The topological polar surface area (TPSA) is 26.0 Å². The van der Waals surface area contributed by atoms with Gasteiger partial charge in [-0.3, -0.25) is 0 Å². The Morgan fingerprint density at radius 1 is 1.20 bits per heavy atom. The van der Waals surface area contributed by atoms with E-state index in [1.54, 1.807) is 12.1 Å². The van der Waals surface area contributed by atoms with E-state index in [9.17, 15) is 13.2 Å². The molecule has 0 aliphatic rings. The minimum Gasteiger partial charge on any atom is -0.316 e. The number of rotatable bonds is 2. The van der Waals surface area contributed by atoms with E-state index in [2.05, 4.69) is 0 Å². The monoisotopic (exact) mass is 239 g/mol. The van der Waals surface area contributed by atoms with E-state index in [0.717, 1.165) is 12.0 Å². The summed E-state index contributed by atoms with van der Waals surface area (Å²) in [7, 11) is 0. The van der Waals surface area contributed by atoms with E-state index in [1.807, 2.05) is 6.92 Å². The Hall–Kier alpha value is -0.740. The predicted molar refractivity (Wildman–Crippen MR) is 56.1 cm³/mol. The van der Waals surface area contributed by atoms with Crippen molar-refractivity contribution in [2.45, 2.75) is 25.6 Å². The van der Waals surface area contributed by atoms with E-state index in [1.165, 1.54) is 12.1 Å². The van der Waals surface area contributed by atoms with E-state index < -0.39 is 12.2 Å². The second-order valence-corrected chi connectivity index (χ2v) is 3.11. The lowest BCUT2D eigenvalue weighted by Gasteiger charge is -2.15. The summed E-state index contributed by atoms with van der Waals surface area (Å²) in [5.74, 6) is 0. The molecule has 5 heteroatoms. The van der Waals surface area contributed by atoms with Gasteiger partial charge in [-0.2, -0.15) is 13.2 Å². The van der Waals surface area contributed by atoms with Crippen LogP contribution in [0.4, 0.5) is 13.2 Å². The molecule has 0 spiro atoms. The van der Waals surface area contributed by atoms with Crippen LogP contribution >= 0.6 is 12.4 Å². The molecule has 1 atom stereocenters. The van der Waals surface area contributed by atoms with Gasteiger partial charge in [0.2, 0.25) is 0 Å². The van der Waals surface area contributed by atoms with Crippen LogP contribution < -0.4 is 5.73 Å². The first-order valence-electron chi connectivity index (χ1n) is 4.36. The number of aryl methyl sites for hydroxylation is 1. The third-order valence-corrected chi connectivity index (χ3v) is 2.10. The van der Waals surface area contributed by atoms with Gasteiger partial charge >= 0.3 is 6.18 Å². The number of nitrogens with two attached hydrogens (primary N) is 1. The van der Waals surface area contributed by atoms with Crippen molar-refractivity contribution in [1.82, 2.24) is 0 Å². The fraction of sp³-hybridized carbons (Fsp3) is 0.400. The molecule has 15 heavy (non-hydrogen) atoms. The molecule has 0 aromatic heterocycles. The molecule has 0 fully saturated rings. The van der Waals surface area contributed by atoms with Crippen molar-refractivity contribution in [3.8, 4) is 0 Å². The highest BCUT2D eigenvalue weighted by atomic mass is 35.5. The average Bonchev–Trinajstić information content (AvgIpc) is 2.15. The molecule has 0 bridgehead atoms. The quantitative estimate of drug-likeness (QED) is 0.843. The van der Waals surface area contributed by atoms with Crippen molar-refractivity contribution in [2.24, 2.45) is 5.73 Å². The van der Waals surface area contributed by atoms with E-state index in [0.29, 0.717) is 0 Å². The molecule has 1 aromatic rings. The van der Waals surface area contributed by atoms with Crippen LogP contribution in [0, 0.1) is 0 Å². The van der Waals surface area contributed by atoms with Gasteiger partial charge in [0, 0.05) is 0 Å². The summed E-state index contributed by atoms with van der Waals surface area (Å²) in [5.41, 5.74) is 6.15. The molecule has 0 saturated heterocycles. The molecule has 86 valence electrons. The third kappa shape index (κ3) is 3.72. The number of benzene rings is 1. The van der Waals surface area contributed by atoms with Gasteiger partial charge in [-0.25, -0.2) is 0 Å². The summed E-state index contributed by atoms with van der Waals surface area (Å²) in [5, 5.41) is 0. The van der Waals surface area contributed by atoms with Gasteiger partial charge in [0.15, 0.2) is 0 Å². The van der Waals surface area contributed by atoms with E-state index >= 15 is 0 Å². The third-order valence-electron chi connectivity index (χ3n) is 2.10. The van der Waals surface area contributed by atoms with Crippen molar-refractivity contribution < 1.29 is 13.2 Å². The average molecular weight is 240 g/mol. The number of alkyl halides is 3. The second-order valence-electron chi connectivity index (χ2n) is 3.11. The van der Waals surface area contributed by atoms with Gasteiger partial charge in [-0.1, -0.05) is 31.2 Å². The maximum atomic E-state index is 12.2. The van der Waals surface area contributed by atoms with Gasteiger partial charge in [-0.15, -0.1) is 12.4 Å². The Labute approximate surface area is 92.9 Å². The Balaban J connectivity index is 0.00000196. The zero-order chi connectivity index (χ0) is 10.8. The summed E-state index contributed by atoms with van der Waals surface area (Å²) in [6, 6.07) is 4.31. The summed E-state index contributed by atoms with van der Waals surface area (Å²) < 4.78 is 36.6. The highest BCUT2D eigenvalue weighted by Gasteiger charge is 2.37. The highest BCUT2D eigenvalue weighted by molar-refractivity contribution is 5.85. The zero-order valence-electron chi connectivity index (χ0n) is 8.21. The van der Waals surface area contributed by atoms with Gasteiger partial charge in [0.05, 0.1) is 0 Å². The Kier molecular flexibility index (Phi) is 5.11. The number of hydrogen-bond donors (Lipinski definition) is 1. The van der Waals surface area contributed by atoms with Crippen LogP contribution in [0.2, 0.25) is 0 Å². The summed E-state index contributed by atoms with van der Waals surface area (Å²) >= 11 is 0. The zero-order valence-corrected chi connectivity index (χ0v) is 9.03. The molecule has 2 N–H and O–H groups in total. The maximum Gasteiger partial charge on any atom is 0.407 e. The summed E-state index contributed by atoms with van der Waals surface area (Å²) in [4.78, 5) is 0. The summed E-state index contributed by atoms with van der Waals surface area (Å²) in [6.45, 7) is 1.94. The van der Waals surface area contributed by atoms with Crippen molar-refractivity contribution in [3.63, 3.8) is 0 Å². The van der Waals surface area contributed by atoms with E-state index in [-0.39, 0.29) is 18.0 Å². The van der Waals surface area contributed by atoms with Crippen LogP contribution in [0.5, 0.6) is 0 Å². The predicted octanol–water partition coefficient (Wildman–Crippen LogP) is 3.23. The molecule has 0 radical (unpaired) electrons. The Morgan fingerprint density at radius 3 is 2.00 bits per heavy atom. The highest BCUT2D eigenvalue weighted by Crippen LogP contribution is 2.30. The lowest BCUT2D eigenvalue weighted by Crippen LogP contribution is -2.28. The molecule has 0 unspecified atom stereocenters. The minimum absolute atomic E-state index is 0. The van der Waals surface area contributed by atoms with Gasteiger partial charge in [-0.05, 0) is 17.5 Å². The first-order chi connectivity index (χ1) is 6.45. The van der Waals surface area contributed by atoms with Crippen LogP contribution in [-0.2, 0) is 6.42 Å². The van der Waals surface area contributed by atoms with Gasteiger partial charge in [0.1, 0.15) is 6.04 Å². The largest absolute Gasteiger partial charge is 0.407 e. The molecule has 0 saturated carbocycles. The van der Waals surface area contributed by atoms with Crippen molar-refractivity contribution in [1.29, 1.82) is 0 Å². The SMILES string of the molecule is CCc1ccc([C@H](N)C(F)(F)F)cc1.Cl. The van der Waals surface area contributed by atoms with Crippen LogP contribution in [0.1, 0.15) is 24.1 Å². The molecule has 0 heterocycles. The number of hydrogen-bond acceptors (Lipinski definition) is 1. The first kappa shape index (κ1) is 14.3. The Morgan fingerprint density at radius 2 is 1.67 bits per heavy atom. The number of halogens is 4. The van der Waals surface area contributed by atoms with Crippen LogP contribution in [0.15, 0.2) is 24.3 Å². The van der Waals surface area contributed by atoms with Gasteiger partial charge < -0.3 is 5.73 Å². The van der Waals surface area contributed by atoms with Crippen molar-refractivity contribution in [2.75, 3.05) is 0 Å². The van der Waals surface area contributed by atoms with Crippen LogP contribution in [-0.4, -0.2) is 6.18 Å². The fourth-order valence-corrected chi connectivity index (χ4v) is 1.15. The van der Waals surface area contributed by atoms with Crippen LogP contribution in [0.3, 0.4) is 0 Å². The van der Waals surface area contributed by atoms with Gasteiger partial charge in [0.25, 0.3) is 0 Å². The van der Waals surface area contributed by atoms with Crippen molar-refractivity contribution >= 4 is 12.4 Å². The lowest BCUT2D eigenvalue weighted by molar-refractivity contribution is -0.149. The Bertz CT molecular complexity index is 295. The molecule has 0 aliphatic heterocycles. The second kappa shape index (κ2) is 5.37. The molecule has 1 aromatic carbocycles. The molecular formula is C10H13ClF3N. The standard InChI is InChI=1S/C10H12F3N.ClH/c1-2-7-3-5-8(6-4-7)9(14)10(11,12)13;/h3-6,9H,2,14H2,1H3;1H/t9-;/m0./s1. The summed E-state index contributed by atoms with van der Waals surface area (Å²) in [6.07, 6.45) is -3.56. The van der Waals surface area contributed by atoms with E-state index in [4.69, 9.17) is 5.73 Å². The smallest absolute Gasteiger partial charge is 0.316 e. The van der Waals surface area contributed by atoms with Crippen molar-refractivity contribution in [3.05, 3.63) is 35.4 Å². The maximum absolute atomic E-state index is 12.2. The minimum atomic E-state index is -4.37.